The van der Waals surface area contributed by atoms with E-state index in [1.807, 2.05) is 15.7 Å². The quantitative estimate of drug-likeness (QED) is 0.853. The van der Waals surface area contributed by atoms with E-state index in [-0.39, 0.29) is 12.3 Å². The molecule has 20 heavy (non-hydrogen) atoms. The van der Waals surface area contributed by atoms with Crippen molar-refractivity contribution in [1.29, 1.82) is 0 Å². The fraction of sp³-hybridized carbons (Fsp3) is 0.643. The van der Waals surface area contributed by atoms with Gasteiger partial charge in [0.1, 0.15) is 0 Å². The van der Waals surface area contributed by atoms with Gasteiger partial charge in [-0.3, -0.25) is 9.59 Å². The van der Waals surface area contributed by atoms with E-state index in [0.29, 0.717) is 18.9 Å². The van der Waals surface area contributed by atoms with Gasteiger partial charge in [-0.25, -0.2) is 4.98 Å². The van der Waals surface area contributed by atoms with Crippen molar-refractivity contribution in [3.05, 3.63) is 18.7 Å². The maximum absolute atomic E-state index is 12.1. The number of carboxylic acids is 1. The van der Waals surface area contributed by atoms with E-state index in [4.69, 9.17) is 5.11 Å². The molecule has 0 aliphatic carbocycles. The van der Waals surface area contributed by atoms with Crippen molar-refractivity contribution in [3.63, 3.8) is 0 Å². The van der Waals surface area contributed by atoms with Crippen molar-refractivity contribution in [3.8, 4) is 0 Å². The lowest BCUT2D eigenvalue weighted by molar-refractivity contribution is -0.138. The Bertz CT molecular complexity index is 437. The number of carbonyl (C=O) groups excluding carboxylic acids is 1. The van der Waals surface area contributed by atoms with Crippen LogP contribution in [0.15, 0.2) is 18.7 Å². The highest BCUT2D eigenvalue weighted by Gasteiger charge is 2.22. The highest BCUT2D eigenvalue weighted by atomic mass is 16.4. The lowest BCUT2D eigenvalue weighted by Crippen LogP contribution is -2.38. The topological polar surface area (TPSA) is 75.4 Å². The van der Waals surface area contributed by atoms with E-state index in [1.165, 1.54) is 0 Å². The summed E-state index contributed by atoms with van der Waals surface area (Å²) in [5, 5.41) is 8.67. The molecule has 1 N–H and O–H groups in total. The molecule has 6 nitrogen and oxygen atoms in total. The van der Waals surface area contributed by atoms with Crippen LogP contribution < -0.4 is 0 Å². The predicted molar refractivity (Wildman–Crippen MR) is 73.0 cm³/mol. The number of aliphatic carboxylic acids is 1. The third-order valence-corrected chi connectivity index (χ3v) is 3.88. The molecule has 0 atom stereocenters. The molecule has 110 valence electrons. The Kier molecular flexibility index (Phi) is 5.15. The summed E-state index contributed by atoms with van der Waals surface area (Å²) in [5.41, 5.74) is 0. The number of amides is 1. The zero-order valence-electron chi connectivity index (χ0n) is 11.6. The van der Waals surface area contributed by atoms with Gasteiger partial charge in [0.25, 0.3) is 0 Å². The van der Waals surface area contributed by atoms with Crippen LogP contribution in [-0.4, -0.2) is 44.5 Å². The summed E-state index contributed by atoms with van der Waals surface area (Å²) >= 11 is 0. The Morgan fingerprint density at radius 2 is 2.00 bits per heavy atom. The summed E-state index contributed by atoms with van der Waals surface area (Å²) < 4.78 is 1.90. The van der Waals surface area contributed by atoms with Crippen LogP contribution in [0.1, 0.15) is 32.1 Å². The van der Waals surface area contributed by atoms with Gasteiger partial charge in [0.15, 0.2) is 0 Å². The molecular weight excluding hydrogens is 258 g/mol. The first kappa shape index (κ1) is 14.6. The van der Waals surface area contributed by atoms with E-state index in [1.54, 1.807) is 12.5 Å². The summed E-state index contributed by atoms with van der Waals surface area (Å²) in [5.74, 6) is -0.108. The van der Waals surface area contributed by atoms with Crippen molar-refractivity contribution >= 4 is 11.9 Å². The van der Waals surface area contributed by atoms with Crippen LogP contribution in [-0.2, 0) is 16.1 Å². The molecule has 2 heterocycles. The Hall–Kier alpha value is -1.85. The number of imidazole rings is 1. The van der Waals surface area contributed by atoms with Gasteiger partial charge >= 0.3 is 5.97 Å². The average Bonchev–Trinajstić information content (AvgIpc) is 2.96. The lowest BCUT2D eigenvalue weighted by Gasteiger charge is -2.32. The van der Waals surface area contributed by atoms with Crippen molar-refractivity contribution in [1.82, 2.24) is 14.5 Å². The van der Waals surface area contributed by atoms with Gasteiger partial charge < -0.3 is 14.6 Å². The summed E-state index contributed by atoms with van der Waals surface area (Å²) in [6, 6.07) is 0. The van der Waals surface area contributed by atoms with Crippen LogP contribution in [0.4, 0.5) is 0 Å². The third-order valence-electron chi connectivity index (χ3n) is 3.88. The smallest absolute Gasteiger partial charge is 0.303 e. The number of aromatic nitrogens is 2. The molecule has 6 heteroatoms. The molecular formula is C14H21N3O3. The van der Waals surface area contributed by atoms with Crippen molar-refractivity contribution < 1.29 is 14.7 Å². The molecule has 1 aromatic rings. The molecule has 1 aliphatic rings. The maximum atomic E-state index is 12.1. The second kappa shape index (κ2) is 7.07. The van der Waals surface area contributed by atoms with Gasteiger partial charge in [0, 0.05) is 44.9 Å². The molecule has 0 bridgehead atoms. The Morgan fingerprint density at radius 3 is 2.60 bits per heavy atom. The Morgan fingerprint density at radius 1 is 1.25 bits per heavy atom. The number of nitrogens with zero attached hydrogens (tertiary/aromatic N) is 3. The highest BCUT2D eigenvalue weighted by molar-refractivity contribution is 5.76. The van der Waals surface area contributed by atoms with Crippen LogP contribution in [0.2, 0.25) is 0 Å². The van der Waals surface area contributed by atoms with E-state index in [2.05, 4.69) is 4.98 Å². The highest BCUT2D eigenvalue weighted by Crippen LogP contribution is 2.22. The first-order valence-electron chi connectivity index (χ1n) is 7.10. The lowest BCUT2D eigenvalue weighted by atomic mass is 9.92. The van der Waals surface area contributed by atoms with Gasteiger partial charge in [-0.2, -0.15) is 0 Å². The molecule has 0 unspecified atom stereocenters. The van der Waals surface area contributed by atoms with E-state index in [9.17, 15) is 9.59 Å². The number of carbonyl (C=O) groups is 2. The normalized spacial score (nSPS) is 16.3. The fourth-order valence-electron chi connectivity index (χ4n) is 2.60. The second-order valence-corrected chi connectivity index (χ2v) is 5.31. The Labute approximate surface area is 118 Å². The molecule has 1 saturated heterocycles. The molecule has 1 amide bonds. The number of piperidine rings is 1. The average molecular weight is 279 g/mol. The number of aryl methyl sites for hydroxylation is 1. The molecule has 0 spiro atoms. The van der Waals surface area contributed by atoms with Gasteiger partial charge in [-0.15, -0.1) is 0 Å². The number of hydrogen-bond donors (Lipinski definition) is 1. The van der Waals surface area contributed by atoms with Crippen molar-refractivity contribution in [2.24, 2.45) is 5.92 Å². The second-order valence-electron chi connectivity index (χ2n) is 5.31. The SMILES string of the molecule is O=C(O)CCC1CCN(C(=O)CCn2ccnc2)CC1. The fourth-order valence-corrected chi connectivity index (χ4v) is 2.60. The number of rotatable bonds is 6. The first-order chi connectivity index (χ1) is 9.65. The van der Waals surface area contributed by atoms with Crippen LogP contribution >= 0.6 is 0 Å². The molecule has 1 aromatic heterocycles. The van der Waals surface area contributed by atoms with E-state index >= 15 is 0 Å². The minimum atomic E-state index is -0.733. The zero-order valence-corrected chi connectivity index (χ0v) is 11.6. The summed E-state index contributed by atoms with van der Waals surface area (Å²) in [6.45, 7) is 2.18. The van der Waals surface area contributed by atoms with Crippen LogP contribution in [0.5, 0.6) is 0 Å². The van der Waals surface area contributed by atoms with E-state index in [0.717, 1.165) is 32.4 Å². The van der Waals surface area contributed by atoms with E-state index < -0.39 is 5.97 Å². The minimum Gasteiger partial charge on any atom is -0.481 e. The Balaban J connectivity index is 1.67. The summed E-state index contributed by atoms with van der Waals surface area (Å²) in [7, 11) is 0. The largest absolute Gasteiger partial charge is 0.481 e. The predicted octanol–water partition coefficient (Wildman–Crippen LogP) is 1.38. The third kappa shape index (κ3) is 4.36. The van der Waals surface area contributed by atoms with Crippen LogP contribution in [0.3, 0.4) is 0 Å². The van der Waals surface area contributed by atoms with Gasteiger partial charge in [0.05, 0.1) is 6.33 Å². The number of carboxylic acid groups (broad SMARTS) is 1. The molecule has 1 aliphatic heterocycles. The van der Waals surface area contributed by atoms with Crippen LogP contribution in [0.25, 0.3) is 0 Å². The maximum Gasteiger partial charge on any atom is 0.303 e. The number of likely N-dealkylation sites (tertiary alicyclic amines) is 1. The molecule has 0 aromatic carbocycles. The summed E-state index contributed by atoms with van der Waals surface area (Å²) in [6.07, 6.45) is 8.57. The van der Waals surface area contributed by atoms with Crippen molar-refractivity contribution in [2.75, 3.05) is 13.1 Å². The molecule has 2 rings (SSSR count). The monoisotopic (exact) mass is 279 g/mol. The zero-order chi connectivity index (χ0) is 14.4. The van der Waals surface area contributed by atoms with Gasteiger partial charge in [0.2, 0.25) is 5.91 Å². The standard InChI is InChI=1S/C14H21N3O3/c18-13(5-7-16-10-6-15-11-16)17-8-3-12(4-9-17)1-2-14(19)20/h6,10-12H,1-5,7-9H2,(H,19,20). The molecule has 1 fully saturated rings. The molecule has 0 radical (unpaired) electrons. The van der Waals surface area contributed by atoms with Crippen molar-refractivity contribution in [2.45, 2.75) is 38.6 Å². The molecule has 0 saturated carbocycles. The van der Waals surface area contributed by atoms with Gasteiger partial charge in [-0.05, 0) is 25.2 Å². The van der Waals surface area contributed by atoms with Gasteiger partial charge in [-0.1, -0.05) is 0 Å². The number of hydrogen-bond acceptors (Lipinski definition) is 3. The minimum absolute atomic E-state index is 0.176. The summed E-state index contributed by atoms with van der Waals surface area (Å²) in [4.78, 5) is 28.4. The van der Waals surface area contributed by atoms with Crippen LogP contribution in [0, 0.1) is 5.92 Å². The first-order valence-corrected chi connectivity index (χ1v) is 7.10.